The standard InChI is InChI=1S/C9H9N3O2/c1-5-2-3-6-7(4-5)11-8(10-6)12-9(13)14/h2-4H,1H3,(H,13,14)(H2,10,11,12). The Balaban J connectivity index is 2.46. The maximum absolute atomic E-state index is 10.3. The first-order valence-electron chi connectivity index (χ1n) is 4.11. The van der Waals surface area contributed by atoms with Crippen LogP contribution in [0.1, 0.15) is 5.56 Å². The van der Waals surface area contributed by atoms with Crippen molar-refractivity contribution in [2.24, 2.45) is 0 Å². The summed E-state index contributed by atoms with van der Waals surface area (Å²) in [5.41, 5.74) is 2.67. The summed E-state index contributed by atoms with van der Waals surface area (Å²) in [7, 11) is 0. The molecule has 14 heavy (non-hydrogen) atoms. The van der Waals surface area contributed by atoms with Gasteiger partial charge in [0.15, 0.2) is 0 Å². The van der Waals surface area contributed by atoms with E-state index in [1.165, 1.54) is 0 Å². The molecule has 1 heterocycles. The van der Waals surface area contributed by atoms with Gasteiger partial charge >= 0.3 is 6.09 Å². The summed E-state index contributed by atoms with van der Waals surface area (Å²) in [5.74, 6) is 0.248. The van der Waals surface area contributed by atoms with Gasteiger partial charge in [0.1, 0.15) is 0 Å². The Bertz CT molecular complexity index is 490. The van der Waals surface area contributed by atoms with E-state index in [1.807, 2.05) is 25.1 Å². The zero-order valence-corrected chi connectivity index (χ0v) is 7.53. The Morgan fingerprint density at radius 1 is 1.57 bits per heavy atom. The Kier molecular flexibility index (Phi) is 1.85. The number of fused-ring (bicyclic) bond motifs is 1. The lowest BCUT2D eigenvalue weighted by Gasteiger charge is -1.90. The van der Waals surface area contributed by atoms with Crippen LogP contribution in [0.4, 0.5) is 10.7 Å². The molecule has 0 saturated carbocycles. The van der Waals surface area contributed by atoms with Gasteiger partial charge in [-0.3, -0.25) is 5.32 Å². The van der Waals surface area contributed by atoms with E-state index in [-0.39, 0.29) is 5.95 Å². The minimum Gasteiger partial charge on any atom is -0.465 e. The van der Waals surface area contributed by atoms with Crippen LogP contribution in [0.25, 0.3) is 11.0 Å². The lowest BCUT2D eigenvalue weighted by molar-refractivity contribution is 0.209. The average Bonchev–Trinajstić information content (AvgIpc) is 2.44. The second-order valence-electron chi connectivity index (χ2n) is 3.04. The molecule has 0 atom stereocenters. The summed E-state index contributed by atoms with van der Waals surface area (Å²) in [6.45, 7) is 1.96. The van der Waals surface area contributed by atoms with Gasteiger partial charge < -0.3 is 10.1 Å². The lowest BCUT2D eigenvalue weighted by atomic mass is 10.2. The molecule has 0 aliphatic carbocycles. The number of carbonyl (C=O) groups is 1. The van der Waals surface area contributed by atoms with E-state index in [4.69, 9.17) is 5.11 Å². The van der Waals surface area contributed by atoms with Crippen molar-refractivity contribution in [2.45, 2.75) is 6.92 Å². The maximum atomic E-state index is 10.3. The minimum atomic E-state index is -1.12. The Morgan fingerprint density at radius 2 is 2.36 bits per heavy atom. The quantitative estimate of drug-likeness (QED) is 0.644. The highest BCUT2D eigenvalue weighted by atomic mass is 16.4. The third-order valence-corrected chi connectivity index (χ3v) is 1.86. The number of amides is 1. The molecule has 1 aromatic carbocycles. The first-order valence-corrected chi connectivity index (χ1v) is 4.11. The van der Waals surface area contributed by atoms with Crippen LogP contribution in [0.3, 0.4) is 0 Å². The number of imidazole rings is 1. The number of aryl methyl sites for hydroxylation is 1. The predicted octanol–water partition coefficient (Wildman–Crippen LogP) is 1.96. The molecule has 5 heteroatoms. The fraction of sp³-hybridized carbons (Fsp3) is 0.111. The number of H-pyrrole nitrogens is 1. The van der Waals surface area contributed by atoms with Gasteiger partial charge in [0.2, 0.25) is 5.95 Å². The van der Waals surface area contributed by atoms with Crippen LogP contribution in [0.5, 0.6) is 0 Å². The highest BCUT2D eigenvalue weighted by molar-refractivity contribution is 5.85. The van der Waals surface area contributed by atoms with Crippen molar-refractivity contribution >= 4 is 23.1 Å². The molecule has 5 nitrogen and oxygen atoms in total. The van der Waals surface area contributed by atoms with Gasteiger partial charge in [-0.25, -0.2) is 9.78 Å². The molecule has 0 aliphatic heterocycles. The number of aromatic nitrogens is 2. The maximum Gasteiger partial charge on any atom is 0.411 e. The van der Waals surface area contributed by atoms with Crippen LogP contribution in [-0.4, -0.2) is 21.2 Å². The molecule has 0 radical (unpaired) electrons. The fourth-order valence-corrected chi connectivity index (χ4v) is 1.28. The van der Waals surface area contributed by atoms with Crippen molar-refractivity contribution in [1.82, 2.24) is 9.97 Å². The van der Waals surface area contributed by atoms with E-state index in [0.29, 0.717) is 0 Å². The molecule has 2 rings (SSSR count). The summed E-state index contributed by atoms with van der Waals surface area (Å²) in [6.07, 6.45) is -1.12. The fourth-order valence-electron chi connectivity index (χ4n) is 1.28. The largest absolute Gasteiger partial charge is 0.465 e. The van der Waals surface area contributed by atoms with Gasteiger partial charge in [-0.1, -0.05) is 6.07 Å². The number of rotatable bonds is 1. The highest BCUT2D eigenvalue weighted by Gasteiger charge is 2.04. The van der Waals surface area contributed by atoms with E-state index in [2.05, 4.69) is 15.3 Å². The number of nitrogens with one attached hydrogen (secondary N) is 2. The molecule has 1 amide bonds. The first kappa shape index (κ1) is 8.55. The molecule has 0 fully saturated rings. The second kappa shape index (κ2) is 3.02. The third kappa shape index (κ3) is 1.52. The van der Waals surface area contributed by atoms with E-state index < -0.39 is 6.09 Å². The van der Waals surface area contributed by atoms with Crippen molar-refractivity contribution in [3.63, 3.8) is 0 Å². The van der Waals surface area contributed by atoms with E-state index >= 15 is 0 Å². The van der Waals surface area contributed by atoms with Crippen LogP contribution < -0.4 is 5.32 Å². The van der Waals surface area contributed by atoms with Crippen LogP contribution in [0.15, 0.2) is 18.2 Å². The molecular formula is C9H9N3O2. The smallest absolute Gasteiger partial charge is 0.411 e. The molecule has 72 valence electrons. The van der Waals surface area contributed by atoms with Crippen LogP contribution in [-0.2, 0) is 0 Å². The van der Waals surface area contributed by atoms with Crippen LogP contribution in [0, 0.1) is 6.92 Å². The van der Waals surface area contributed by atoms with Crippen LogP contribution >= 0.6 is 0 Å². The molecule has 0 spiro atoms. The first-order chi connectivity index (χ1) is 6.65. The number of benzene rings is 1. The SMILES string of the molecule is Cc1ccc2[nH]c(NC(=O)O)nc2c1. The van der Waals surface area contributed by atoms with E-state index in [0.717, 1.165) is 16.6 Å². The molecular weight excluding hydrogens is 182 g/mol. The normalized spacial score (nSPS) is 10.4. The van der Waals surface area contributed by atoms with Crippen molar-refractivity contribution in [3.05, 3.63) is 23.8 Å². The van der Waals surface area contributed by atoms with Crippen molar-refractivity contribution in [3.8, 4) is 0 Å². The zero-order valence-electron chi connectivity index (χ0n) is 7.53. The summed E-state index contributed by atoms with van der Waals surface area (Å²) < 4.78 is 0. The van der Waals surface area contributed by atoms with E-state index in [1.54, 1.807) is 0 Å². The molecule has 0 bridgehead atoms. The van der Waals surface area contributed by atoms with Gasteiger partial charge in [-0.2, -0.15) is 0 Å². The minimum absolute atomic E-state index is 0.248. The van der Waals surface area contributed by atoms with Gasteiger partial charge in [0, 0.05) is 0 Å². The van der Waals surface area contributed by atoms with Crippen LogP contribution in [0.2, 0.25) is 0 Å². The molecule has 0 aliphatic rings. The molecule has 3 N–H and O–H groups in total. The van der Waals surface area contributed by atoms with Gasteiger partial charge in [0.25, 0.3) is 0 Å². The zero-order chi connectivity index (χ0) is 10.1. The number of hydrogen-bond acceptors (Lipinski definition) is 2. The molecule has 0 unspecified atom stereocenters. The average molecular weight is 191 g/mol. The van der Waals surface area contributed by atoms with Gasteiger partial charge in [-0.05, 0) is 24.6 Å². The number of aromatic amines is 1. The number of hydrogen-bond donors (Lipinski definition) is 3. The monoisotopic (exact) mass is 191 g/mol. The summed E-state index contributed by atoms with van der Waals surface area (Å²) in [4.78, 5) is 17.3. The van der Waals surface area contributed by atoms with Gasteiger partial charge in [0.05, 0.1) is 11.0 Å². The molecule has 1 aromatic heterocycles. The van der Waals surface area contributed by atoms with Crippen molar-refractivity contribution in [1.29, 1.82) is 0 Å². The lowest BCUT2D eigenvalue weighted by Crippen LogP contribution is -2.08. The predicted molar refractivity (Wildman–Crippen MR) is 52.5 cm³/mol. The topological polar surface area (TPSA) is 78.0 Å². The Labute approximate surface area is 79.8 Å². The third-order valence-electron chi connectivity index (χ3n) is 1.86. The summed E-state index contributed by atoms with van der Waals surface area (Å²) in [6, 6.07) is 5.69. The Morgan fingerprint density at radius 3 is 3.07 bits per heavy atom. The van der Waals surface area contributed by atoms with Crippen molar-refractivity contribution < 1.29 is 9.90 Å². The molecule has 0 saturated heterocycles. The van der Waals surface area contributed by atoms with Gasteiger partial charge in [-0.15, -0.1) is 0 Å². The van der Waals surface area contributed by atoms with Crippen molar-refractivity contribution in [2.75, 3.05) is 5.32 Å². The Hall–Kier alpha value is -2.04. The van der Waals surface area contributed by atoms with E-state index in [9.17, 15) is 4.79 Å². The summed E-state index contributed by atoms with van der Waals surface area (Å²) >= 11 is 0. The highest BCUT2D eigenvalue weighted by Crippen LogP contribution is 2.15. The number of anilines is 1. The number of carboxylic acid groups (broad SMARTS) is 1. The summed E-state index contributed by atoms with van der Waals surface area (Å²) in [5, 5.41) is 10.6. The second-order valence-corrected chi connectivity index (χ2v) is 3.04. The molecule has 2 aromatic rings. The number of nitrogens with zero attached hydrogens (tertiary/aromatic N) is 1.